The monoisotopic (exact) mass is 216 g/mol. The molecule has 0 aromatic heterocycles. The summed E-state index contributed by atoms with van der Waals surface area (Å²) in [5, 5.41) is 0. The van der Waals surface area contributed by atoms with Gasteiger partial charge in [0.15, 0.2) is 15.9 Å². The molecule has 0 bridgehead atoms. The van der Waals surface area contributed by atoms with Gasteiger partial charge >= 0.3 is 0 Å². The summed E-state index contributed by atoms with van der Waals surface area (Å²) in [4.78, 5) is 2.65. The maximum atomic E-state index is 5.50. The summed E-state index contributed by atoms with van der Waals surface area (Å²) >= 11 is 0. The van der Waals surface area contributed by atoms with Crippen molar-refractivity contribution in [2.75, 3.05) is 0 Å². The first kappa shape index (κ1) is 9.74. The molecule has 0 saturated heterocycles. The fourth-order valence-electron chi connectivity index (χ4n) is 0.613. The summed E-state index contributed by atoms with van der Waals surface area (Å²) in [5.41, 5.74) is 27.4. The molecule has 1 unspecified atom stereocenters. The van der Waals surface area contributed by atoms with Gasteiger partial charge in [-0.15, -0.1) is 0 Å². The molecule has 0 fully saturated rings. The summed E-state index contributed by atoms with van der Waals surface area (Å²) in [6, 6.07) is 0. The highest BCUT2D eigenvalue weighted by Crippen LogP contribution is 2.56. The minimum Gasteiger partial charge on any atom is -0.279 e. The Kier molecular flexibility index (Phi) is 2.52. The Morgan fingerprint density at radius 2 is 1.73 bits per heavy atom. The molecule has 8 nitrogen and oxygen atoms in total. The van der Waals surface area contributed by atoms with Crippen LogP contribution in [-0.2, 0) is 0 Å². The van der Waals surface area contributed by atoms with E-state index in [2.05, 4.69) is 13.9 Å². The third kappa shape index (κ3) is 2.87. The molecule has 0 radical (unpaired) electrons. The fourth-order valence-corrected chi connectivity index (χ4v) is 6.56. The molecular formula is H11N8P3. The Morgan fingerprint density at radius 3 is 2.09 bits per heavy atom. The molecule has 66 valence electrons. The number of nitrogens with two attached hydrogens (primary N) is 5. The van der Waals surface area contributed by atoms with Crippen LogP contribution in [0.1, 0.15) is 0 Å². The van der Waals surface area contributed by atoms with Crippen LogP contribution in [0, 0.1) is 0 Å². The van der Waals surface area contributed by atoms with Gasteiger partial charge in [-0.25, -0.2) is 4.86 Å². The predicted molar refractivity (Wildman–Crippen MR) is 49.7 cm³/mol. The summed E-state index contributed by atoms with van der Waals surface area (Å²) in [5.74, 6) is 0. The maximum Gasteiger partial charge on any atom is 0.208 e. The first-order chi connectivity index (χ1) is 4.81. The van der Waals surface area contributed by atoms with Crippen LogP contribution in [0.4, 0.5) is 0 Å². The lowest BCUT2D eigenvalue weighted by molar-refractivity contribution is 1.39. The molecule has 0 aromatic carbocycles. The van der Waals surface area contributed by atoms with Gasteiger partial charge in [0.05, 0.1) is 0 Å². The van der Waals surface area contributed by atoms with Crippen molar-refractivity contribution in [1.29, 1.82) is 0 Å². The third-order valence-corrected chi connectivity index (χ3v) is 7.14. The van der Waals surface area contributed by atoms with E-state index in [4.69, 9.17) is 27.5 Å². The summed E-state index contributed by atoms with van der Waals surface area (Å²) in [6.45, 7) is 0. The van der Waals surface area contributed by atoms with Crippen LogP contribution in [0.25, 0.3) is 0 Å². The summed E-state index contributed by atoms with van der Waals surface area (Å²) in [6.07, 6.45) is 0. The van der Waals surface area contributed by atoms with Gasteiger partial charge in [0, 0.05) is 0 Å². The molecule has 0 amide bonds. The SMILES string of the molecule is NP1N=P(N)(N)N=P(N)(N)N1. The van der Waals surface area contributed by atoms with Crippen molar-refractivity contribution in [1.82, 2.24) is 4.86 Å². The zero-order valence-corrected chi connectivity index (χ0v) is 8.31. The van der Waals surface area contributed by atoms with Gasteiger partial charge in [-0.3, -0.25) is 27.5 Å². The first-order valence-corrected chi connectivity index (χ1v) is 7.61. The predicted octanol–water partition coefficient (Wildman–Crippen LogP) is -0.498. The Balaban J connectivity index is 3.10. The van der Waals surface area contributed by atoms with E-state index in [9.17, 15) is 0 Å². The zero-order chi connectivity index (χ0) is 8.70. The number of nitrogens with one attached hydrogen (secondary N) is 1. The maximum absolute atomic E-state index is 5.50. The van der Waals surface area contributed by atoms with Gasteiger partial charge in [-0.1, -0.05) is 0 Å². The molecule has 1 aliphatic rings. The van der Waals surface area contributed by atoms with E-state index >= 15 is 0 Å². The Labute approximate surface area is 65.6 Å². The largest absolute Gasteiger partial charge is 0.279 e. The second-order valence-corrected chi connectivity index (χ2v) is 7.86. The van der Waals surface area contributed by atoms with E-state index in [1.807, 2.05) is 0 Å². The zero-order valence-electron chi connectivity index (χ0n) is 5.62. The highest BCUT2D eigenvalue weighted by atomic mass is 31.3. The van der Waals surface area contributed by atoms with Gasteiger partial charge < -0.3 is 0 Å². The van der Waals surface area contributed by atoms with Crippen LogP contribution in [-0.4, -0.2) is 0 Å². The van der Waals surface area contributed by atoms with E-state index < -0.39 is 23.4 Å². The van der Waals surface area contributed by atoms with E-state index in [0.29, 0.717) is 0 Å². The summed E-state index contributed by atoms with van der Waals surface area (Å²) in [7, 11) is -6.44. The van der Waals surface area contributed by atoms with Crippen LogP contribution in [0.5, 0.6) is 0 Å². The molecule has 0 saturated carbocycles. The molecule has 0 aromatic rings. The molecule has 0 aliphatic carbocycles. The van der Waals surface area contributed by atoms with E-state index in [0.717, 1.165) is 0 Å². The smallest absolute Gasteiger partial charge is 0.208 e. The lowest BCUT2D eigenvalue weighted by atomic mass is 13.7. The van der Waals surface area contributed by atoms with Crippen molar-refractivity contribution in [3.63, 3.8) is 0 Å². The average Bonchev–Trinajstić information content (AvgIpc) is 1.49. The summed E-state index contributed by atoms with van der Waals surface area (Å²) < 4.78 is 7.60. The minimum absolute atomic E-state index is 1.29. The number of nitrogens with zero attached hydrogens (tertiary/aromatic N) is 2. The molecule has 11 heavy (non-hydrogen) atoms. The molecule has 0 spiro atoms. The van der Waals surface area contributed by atoms with Crippen LogP contribution < -0.4 is 32.4 Å². The van der Waals surface area contributed by atoms with Crippen LogP contribution in [0.15, 0.2) is 9.03 Å². The number of hydrogen-bond acceptors (Lipinski definition) is 8. The van der Waals surface area contributed by atoms with Gasteiger partial charge in [-0.05, 0) is 0 Å². The Hall–Kier alpha value is 0.650. The van der Waals surface area contributed by atoms with Crippen LogP contribution in [0.3, 0.4) is 0 Å². The number of hydrogen-bond donors (Lipinski definition) is 6. The molecular weight excluding hydrogens is 205 g/mol. The second-order valence-electron chi connectivity index (χ2n) is 2.06. The Morgan fingerprint density at radius 1 is 1.18 bits per heavy atom. The second kappa shape index (κ2) is 2.85. The highest BCUT2D eigenvalue weighted by Gasteiger charge is 2.22. The van der Waals surface area contributed by atoms with Crippen LogP contribution in [0.2, 0.25) is 0 Å². The van der Waals surface area contributed by atoms with Crippen molar-refractivity contribution < 1.29 is 0 Å². The van der Waals surface area contributed by atoms with Crippen molar-refractivity contribution in [3.8, 4) is 0 Å². The van der Waals surface area contributed by atoms with Crippen molar-refractivity contribution in [2.24, 2.45) is 36.6 Å². The first-order valence-electron chi connectivity index (χ1n) is 2.54. The van der Waals surface area contributed by atoms with Crippen molar-refractivity contribution >= 4 is 23.4 Å². The van der Waals surface area contributed by atoms with E-state index in [-0.39, 0.29) is 0 Å². The van der Waals surface area contributed by atoms with E-state index in [1.165, 1.54) is 0 Å². The topological polar surface area (TPSA) is 167 Å². The van der Waals surface area contributed by atoms with Gasteiger partial charge in [0.25, 0.3) is 0 Å². The average molecular weight is 216 g/mol. The highest BCUT2D eigenvalue weighted by molar-refractivity contribution is 7.82. The molecule has 1 aliphatic heterocycles. The lowest BCUT2D eigenvalue weighted by Crippen LogP contribution is -2.24. The van der Waals surface area contributed by atoms with E-state index in [1.54, 1.807) is 0 Å². The Bertz CT molecular complexity index is 251. The number of rotatable bonds is 0. The molecule has 1 rings (SSSR count). The molecule has 1 heterocycles. The molecule has 1 atom stereocenters. The normalized spacial score (nSPS) is 33.7. The fraction of sp³-hybridized carbons (Fsp3) is 0. The third-order valence-electron chi connectivity index (χ3n) is 0.794. The molecule has 11 N–H and O–H groups in total. The quantitative estimate of drug-likeness (QED) is 0.298. The van der Waals surface area contributed by atoms with Gasteiger partial charge in [0.1, 0.15) is 0 Å². The van der Waals surface area contributed by atoms with Crippen LogP contribution >= 0.6 is 23.4 Å². The van der Waals surface area contributed by atoms with Crippen molar-refractivity contribution in [2.45, 2.75) is 0 Å². The van der Waals surface area contributed by atoms with Gasteiger partial charge in [0.2, 0.25) is 7.51 Å². The standard InChI is InChI=1S/H11N8P3/c1-9-6-10(2,3)8-11(4,5)7-9/h6H,1-5H2. The molecule has 11 heteroatoms. The lowest BCUT2D eigenvalue weighted by Gasteiger charge is -2.26. The minimum atomic E-state index is -2.62. The van der Waals surface area contributed by atoms with Crippen molar-refractivity contribution in [3.05, 3.63) is 0 Å². The van der Waals surface area contributed by atoms with Gasteiger partial charge in [-0.2, -0.15) is 9.03 Å².